The van der Waals surface area contributed by atoms with E-state index in [0.29, 0.717) is 19.6 Å². The Labute approximate surface area is 107 Å². The molecule has 1 aliphatic heterocycles. The molecule has 0 fully saturated rings. The second-order valence-electron chi connectivity index (χ2n) is 4.25. The van der Waals surface area contributed by atoms with E-state index in [2.05, 4.69) is 0 Å². The van der Waals surface area contributed by atoms with Crippen molar-refractivity contribution >= 4 is 5.97 Å². The van der Waals surface area contributed by atoms with E-state index >= 15 is 0 Å². The van der Waals surface area contributed by atoms with Gasteiger partial charge in [0.05, 0.1) is 26.7 Å². The van der Waals surface area contributed by atoms with Gasteiger partial charge in [-0.3, -0.25) is 4.79 Å². The van der Waals surface area contributed by atoms with Gasteiger partial charge in [0.25, 0.3) is 0 Å². The molecule has 0 saturated carbocycles. The number of esters is 1. The number of carbonyl (C=O) groups excluding carboxylic acids is 1. The quantitative estimate of drug-likeness (QED) is 0.770. The monoisotopic (exact) mass is 250 g/mol. The van der Waals surface area contributed by atoms with Crippen LogP contribution in [0.4, 0.5) is 0 Å². The van der Waals surface area contributed by atoms with Gasteiger partial charge in [0, 0.05) is 12.0 Å². The van der Waals surface area contributed by atoms with Crippen molar-refractivity contribution in [3.05, 3.63) is 23.8 Å². The average molecular weight is 250 g/mol. The molecule has 0 spiro atoms. The van der Waals surface area contributed by atoms with Gasteiger partial charge in [0.1, 0.15) is 11.5 Å². The summed E-state index contributed by atoms with van der Waals surface area (Å²) in [4.78, 5) is 11.6. The van der Waals surface area contributed by atoms with Gasteiger partial charge in [-0.15, -0.1) is 0 Å². The lowest BCUT2D eigenvalue weighted by Crippen LogP contribution is -2.18. The molecule has 2 rings (SSSR count). The molecule has 0 N–H and O–H groups in total. The molecular weight excluding hydrogens is 232 g/mol. The van der Waals surface area contributed by atoms with Crippen LogP contribution in [0.25, 0.3) is 0 Å². The number of methoxy groups -OCH3 is 1. The van der Waals surface area contributed by atoms with Crippen LogP contribution in [0.2, 0.25) is 0 Å². The SMILES string of the molecule is CCOC(=O)C[C@@H]1CCOc2cc(OC)ccc21. The summed E-state index contributed by atoms with van der Waals surface area (Å²) < 4.78 is 15.8. The molecule has 0 aliphatic carbocycles. The van der Waals surface area contributed by atoms with Crippen LogP contribution in [0.15, 0.2) is 18.2 Å². The van der Waals surface area contributed by atoms with E-state index in [4.69, 9.17) is 14.2 Å². The van der Waals surface area contributed by atoms with Crippen molar-refractivity contribution in [3.8, 4) is 11.5 Å². The lowest BCUT2D eigenvalue weighted by molar-refractivity contribution is -0.143. The van der Waals surface area contributed by atoms with Crippen molar-refractivity contribution in [1.82, 2.24) is 0 Å². The zero-order chi connectivity index (χ0) is 13.0. The molecule has 0 bridgehead atoms. The van der Waals surface area contributed by atoms with Crippen LogP contribution in [-0.4, -0.2) is 26.3 Å². The third-order valence-corrected chi connectivity index (χ3v) is 3.10. The Morgan fingerprint density at radius 1 is 1.50 bits per heavy atom. The standard InChI is InChI=1S/C14H18O4/c1-3-17-14(15)8-10-6-7-18-13-9-11(16-2)4-5-12(10)13/h4-5,9-10H,3,6-8H2,1-2H3/t10-/m0/s1. The molecule has 1 aromatic carbocycles. The van der Waals surface area contributed by atoms with Gasteiger partial charge < -0.3 is 14.2 Å². The van der Waals surface area contributed by atoms with Crippen LogP contribution in [0, 0.1) is 0 Å². The zero-order valence-electron chi connectivity index (χ0n) is 10.8. The molecule has 0 radical (unpaired) electrons. The Morgan fingerprint density at radius 3 is 3.06 bits per heavy atom. The van der Waals surface area contributed by atoms with Gasteiger partial charge in [-0.05, 0) is 25.0 Å². The molecule has 0 saturated heterocycles. The zero-order valence-corrected chi connectivity index (χ0v) is 10.8. The lowest BCUT2D eigenvalue weighted by atomic mass is 9.90. The molecule has 0 aromatic heterocycles. The Bertz CT molecular complexity index is 428. The number of carbonyl (C=O) groups is 1. The fourth-order valence-electron chi connectivity index (χ4n) is 2.20. The van der Waals surface area contributed by atoms with Crippen LogP contribution in [0.5, 0.6) is 11.5 Å². The number of hydrogen-bond acceptors (Lipinski definition) is 4. The van der Waals surface area contributed by atoms with E-state index in [0.717, 1.165) is 23.5 Å². The minimum Gasteiger partial charge on any atom is -0.497 e. The summed E-state index contributed by atoms with van der Waals surface area (Å²) in [6.45, 7) is 2.88. The van der Waals surface area contributed by atoms with Crippen LogP contribution in [0.3, 0.4) is 0 Å². The summed E-state index contributed by atoms with van der Waals surface area (Å²) in [7, 11) is 1.63. The summed E-state index contributed by atoms with van der Waals surface area (Å²) in [5.41, 5.74) is 1.06. The molecule has 0 unspecified atom stereocenters. The number of hydrogen-bond donors (Lipinski definition) is 0. The maximum atomic E-state index is 11.6. The van der Waals surface area contributed by atoms with Crippen LogP contribution < -0.4 is 9.47 Å². The molecular formula is C14H18O4. The van der Waals surface area contributed by atoms with Gasteiger partial charge in [0.2, 0.25) is 0 Å². The van der Waals surface area contributed by atoms with E-state index in [1.165, 1.54) is 0 Å². The summed E-state index contributed by atoms with van der Waals surface area (Å²) in [5, 5.41) is 0. The summed E-state index contributed by atoms with van der Waals surface area (Å²) in [5.74, 6) is 1.62. The average Bonchev–Trinajstić information content (AvgIpc) is 2.38. The van der Waals surface area contributed by atoms with Gasteiger partial charge in [-0.25, -0.2) is 0 Å². The van der Waals surface area contributed by atoms with E-state index < -0.39 is 0 Å². The van der Waals surface area contributed by atoms with Crippen LogP contribution >= 0.6 is 0 Å². The first-order chi connectivity index (χ1) is 8.74. The van der Waals surface area contributed by atoms with Crippen molar-refractivity contribution in [2.24, 2.45) is 0 Å². The smallest absolute Gasteiger partial charge is 0.306 e. The van der Waals surface area contributed by atoms with Crippen molar-refractivity contribution < 1.29 is 19.0 Å². The number of benzene rings is 1. The molecule has 4 nitrogen and oxygen atoms in total. The first-order valence-electron chi connectivity index (χ1n) is 6.21. The summed E-state index contributed by atoms with van der Waals surface area (Å²) in [6, 6.07) is 5.73. The Balaban J connectivity index is 2.15. The van der Waals surface area contributed by atoms with E-state index in [1.807, 2.05) is 25.1 Å². The number of rotatable bonds is 4. The molecule has 1 aliphatic rings. The summed E-state index contributed by atoms with van der Waals surface area (Å²) in [6.07, 6.45) is 1.26. The topological polar surface area (TPSA) is 44.8 Å². The van der Waals surface area contributed by atoms with Crippen molar-refractivity contribution in [3.63, 3.8) is 0 Å². The van der Waals surface area contributed by atoms with E-state index in [1.54, 1.807) is 7.11 Å². The minimum atomic E-state index is -0.147. The van der Waals surface area contributed by atoms with Crippen molar-refractivity contribution in [2.45, 2.75) is 25.7 Å². The predicted octanol–water partition coefficient (Wildman–Crippen LogP) is 2.51. The fourth-order valence-corrected chi connectivity index (χ4v) is 2.20. The highest BCUT2D eigenvalue weighted by molar-refractivity contribution is 5.71. The Hall–Kier alpha value is -1.71. The Morgan fingerprint density at radius 2 is 2.33 bits per heavy atom. The highest BCUT2D eigenvalue weighted by Crippen LogP contribution is 2.38. The second kappa shape index (κ2) is 5.76. The first-order valence-corrected chi connectivity index (χ1v) is 6.21. The fraction of sp³-hybridized carbons (Fsp3) is 0.500. The van der Waals surface area contributed by atoms with Crippen molar-refractivity contribution in [1.29, 1.82) is 0 Å². The maximum absolute atomic E-state index is 11.6. The molecule has 1 aromatic rings. The minimum absolute atomic E-state index is 0.147. The highest BCUT2D eigenvalue weighted by Gasteiger charge is 2.24. The van der Waals surface area contributed by atoms with Gasteiger partial charge in [-0.1, -0.05) is 6.07 Å². The third-order valence-electron chi connectivity index (χ3n) is 3.10. The normalized spacial score (nSPS) is 17.6. The van der Waals surface area contributed by atoms with Crippen molar-refractivity contribution in [2.75, 3.05) is 20.3 Å². The second-order valence-corrected chi connectivity index (χ2v) is 4.25. The molecule has 98 valence electrons. The van der Waals surface area contributed by atoms with Gasteiger partial charge >= 0.3 is 5.97 Å². The predicted molar refractivity (Wildman–Crippen MR) is 67.1 cm³/mol. The summed E-state index contributed by atoms with van der Waals surface area (Å²) >= 11 is 0. The lowest BCUT2D eigenvalue weighted by Gasteiger charge is -2.25. The van der Waals surface area contributed by atoms with Crippen LogP contribution in [-0.2, 0) is 9.53 Å². The van der Waals surface area contributed by atoms with Crippen LogP contribution in [0.1, 0.15) is 31.2 Å². The largest absolute Gasteiger partial charge is 0.497 e. The molecule has 4 heteroatoms. The molecule has 18 heavy (non-hydrogen) atoms. The first kappa shape index (κ1) is 12.7. The van der Waals surface area contributed by atoms with Gasteiger partial charge in [0.15, 0.2) is 0 Å². The molecule has 0 amide bonds. The highest BCUT2D eigenvalue weighted by atomic mass is 16.5. The maximum Gasteiger partial charge on any atom is 0.306 e. The third kappa shape index (κ3) is 2.75. The molecule has 1 heterocycles. The number of ether oxygens (including phenoxy) is 3. The Kier molecular flexibility index (Phi) is 4.07. The molecule has 1 atom stereocenters. The van der Waals surface area contributed by atoms with Gasteiger partial charge in [-0.2, -0.15) is 0 Å². The van der Waals surface area contributed by atoms with E-state index in [-0.39, 0.29) is 11.9 Å². The van der Waals surface area contributed by atoms with E-state index in [9.17, 15) is 4.79 Å². The number of fused-ring (bicyclic) bond motifs is 1.